The Hall–Kier alpha value is -3.97. The van der Waals surface area contributed by atoms with E-state index in [4.69, 9.17) is 19.9 Å². The van der Waals surface area contributed by atoms with Crippen LogP contribution in [0.25, 0.3) is 0 Å². The molecule has 2 N–H and O–H groups in total. The van der Waals surface area contributed by atoms with Crippen LogP contribution in [0.4, 0.5) is 31.4 Å². The zero-order valence-electron chi connectivity index (χ0n) is 27.0. The molecular formula is C29H48N6O8. The third-order valence-corrected chi connectivity index (χ3v) is 6.05. The number of amides is 3. The van der Waals surface area contributed by atoms with Crippen LogP contribution in [0.3, 0.4) is 0 Å². The Balaban J connectivity index is 2.51. The molecule has 1 fully saturated rings. The molecule has 14 nitrogen and oxygen atoms in total. The molecule has 1 saturated heterocycles. The number of hydrogen-bond donors (Lipinski definition) is 1. The van der Waals surface area contributed by atoms with Gasteiger partial charge in [0.2, 0.25) is 0 Å². The number of nitrogens with zero attached hydrogens (tertiary/aromatic N) is 5. The maximum Gasteiger partial charge on any atom is 0.410 e. The molecule has 0 bridgehead atoms. The molecule has 0 radical (unpaired) electrons. The topological polar surface area (TPSA) is 161 Å². The molecule has 242 valence electrons. The minimum Gasteiger partial charge on any atom is -0.444 e. The first kappa shape index (κ1) is 35.2. The fraction of sp³-hybridized carbons (Fsp3) is 0.690. The van der Waals surface area contributed by atoms with Gasteiger partial charge in [-0.25, -0.2) is 14.4 Å². The minimum atomic E-state index is -0.769. The van der Waals surface area contributed by atoms with Crippen molar-refractivity contribution in [3.05, 3.63) is 28.3 Å². The SMILES string of the molecule is CC(C)(C)OC(=O)N1CCN(C(=O)OC(C)(C)C)CCN(c2ccc(N)cc2[N+](=O)[O-])CCN(C(=O)OC(C)(C)C)CC1. The lowest BCUT2D eigenvalue weighted by Crippen LogP contribution is -2.51. The molecule has 1 heterocycles. The highest BCUT2D eigenvalue weighted by atomic mass is 16.6. The number of nitrogens with two attached hydrogens (primary N) is 1. The van der Waals surface area contributed by atoms with Crippen molar-refractivity contribution >= 4 is 35.3 Å². The van der Waals surface area contributed by atoms with E-state index in [0.29, 0.717) is 5.69 Å². The predicted molar refractivity (Wildman–Crippen MR) is 163 cm³/mol. The second-order valence-corrected chi connectivity index (χ2v) is 13.4. The summed E-state index contributed by atoms with van der Waals surface area (Å²) in [7, 11) is 0. The highest BCUT2D eigenvalue weighted by Crippen LogP contribution is 2.30. The van der Waals surface area contributed by atoms with Gasteiger partial charge in [-0.3, -0.25) is 10.1 Å². The maximum absolute atomic E-state index is 13.2. The molecule has 0 atom stereocenters. The Morgan fingerprint density at radius 3 is 1.30 bits per heavy atom. The summed E-state index contributed by atoms with van der Waals surface area (Å²) >= 11 is 0. The molecule has 2 rings (SSSR count). The summed E-state index contributed by atoms with van der Waals surface area (Å²) in [6.45, 7) is 16.7. The fourth-order valence-electron chi connectivity index (χ4n) is 4.14. The number of hydrogen-bond acceptors (Lipinski definition) is 10. The van der Waals surface area contributed by atoms with Gasteiger partial charge in [-0.1, -0.05) is 0 Å². The molecule has 0 unspecified atom stereocenters. The highest BCUT2D eigenvalue weighted by Gasteiger charge is 2.30. The summed E-state index contributed by atoms with van der Waals surface area (Å²) in [5.41, 5.74) is 3.88. The Labute approximate surface area is 254 Å². The number of nitrogen functional groups attached to an aromatic ring is 1. The number of nitro groups is 1. The third-order valence-electron chi connectivity index (χ3n) is 6.05. The summed E-state index contributed by atoms with van der Waals surface area (Å²) in [6.07, 6.45) is -1.76. The summed E-state index contributed by atoms with van der Waals surface area (Å²) in [4.78, 5) is 57.2. The van der Waals surface area contributed by atoms with Crippen LogP contribution in [0.1, 0.15) is 62.3 Å². The monoisotopic (exact) mass is 608 g/mol. The van der Waals surface area contributed by atoms with Gasteiger partial charge in [0, 0.05) is 64.1 Å². The van der Waals surface area contributed by atoms with Gasteiger partial charge in [0.25, 0.3) is 5.69 Å². The lowest BCUT2D eigenvalue weighted by molar-refractivity contribution is -0.384. The van der Waals surface area contributed by atoms with E-state index in [1.165, 1.54) is 20.8 Å². The second kappa shape index (κ2) is 14.0. The van der Waals surface area contributed by atoms with Gasteiger partial charge in [-0.15, -0.1) is 0 Å². The van der Waals surface area contributed by atoms with Gasteiger partial charge < -0.3 is 39.5 Å². The number of carbonyl (C=O) groups is 3. The van der Waals surface area contributed by atoms with Crippen LogP contribution in [-0.4, -0.2) is 107 Å². The van der Waals surface area contributed by atoms with Crippen molar-refractivity contribution in [1.29, 1.82) is 0 Å². The molecule has 0 aliphatic carbocycles. The Bertz CT molecular complexity index is 1110. The van der Waals surface area contributed by atoms with Crippen molar-refractivity contribution in [2.45, 2.75) is 79.1 Å². The fourth-order valence-corrected chi connectivity index (χ4v) is 4.14. The van der Waals surface area contributed by atoms with Gasteiger partial charge >= 0.3 is 18.3 Å². The Morgan fingerprint density at radius 1 is 0.674 bits per heavy atom. The van der Waals surface area contributed by atoms with Gasteiger partial charge in [0.1, 0.15) is 22.5 Å². The van der Waals surface area contributed by atoms with E-state index >= 15 is 0 Å². The largest absolute Gasteiger partial charge is 0.444 e. The molecule has 43 heavy (non-hydrogen) atoms. The molecule has 14 heteroatoms. The van der Waals surface area contributed by atoms with Crippen LogP contribution in [0.2, 0.25) is 0 Å². The van der Waals surface area contributed by atoms with Crippen LogP contribution < -0.4 is 10.6 Å². The molecule has 1 aromatic rings. The van der Waals surface area contributed by atoms with Gasteiger partial charge in [-0.2, -0.15) is 0 Å². The predicted octanol–water partition coefficient (Wildman–Crippen LogP) is 4.71. The van der Waals surface area contributed by atoms with E-state index in [0.717, 1.165) is 0 Å². The second-order valence-electron chi connectivity index (χ2n) is 13.4. The number of nitro benzene ring substituents is 1. The maximum atomic E-state index is 13.2. The Kier molecular flexibility index (Phi) is 11.5. The van der Waals surface area contributed by atoms with Crippen LogP contribution >= 0.6 is 0 Å². The van der Waals surface area contributed by atoms with Crippen molar-refractivity contribution in [3.63, 3.8) is 0 Å². The minimum absolute atomic E-state index is 0.0955. The quantitative estimate of drug-likeness (QED) is 0.215. The van der Waals surface area contributed by atoms with E-state index in [-0.39, 0.29) is 63.7 Å². The zero-order valence-corrected chi connectivity index (χ0v) is 27.0. The Morgan fingerprint density at radius 2 is 1.00 bits per heavy atom. The molecule has 1 aliphatic rings. The van der Waals surface area contributed by atoms with E-state index in [2.05, 4.69) is 0 Å². The average molecular weight is 609 g/mol. The van der Waals surface area contributed by atoms with Crippen molar-refractivity contribution < 1.29 is 33.5 Å². The molecule has 0 saturated carbocycles. The van der Waals surface area contributed by atoms with E-state index < -0.39 is 40.0 Å². The average Bonchev–Trinajstić information content (AvgIpc) is 2.81. The van der Waals surface area contributed by atoms with Crippen molar-refractivity contribution in [1.82, 2.24) is 14.7 Å². The van der Waals surface area contributed by atoms with E-state index in [1.54, 1.807) is 79.3 Å². The molecule has 1 aliphatic heterocycles. The van der Waals surface area contributed by atoms with Gasteiger partial charge in [0.05, 0.1) is 4.92 Å². The third kappa shape index (κ3) is 12.0. The molecule has 0 spiro atoms. The first-order valence-electron chi connectivity index (χ1n) is 14.4. The van der Waals surface area contributed by atoms with E-state index in [1.807, 2.05) is 0 Å². The van der Waals surface area contributed by atoms with Crippen molar-refractivity contribution in [3.8, 4) is 0 Å². The first-order chi connectivity index (χ1) is 19.6. The number of rotatable bonds is 2. The zero-order chi connectivity index (χ0) is 32.8. The lowest BCUT2D eigenvalue weighted by atomic mass is 10.2. The van der Waals surface area contributed by atoms with Gasteiger partial charge in [0.15, 0.2) is 0 Å². The molecule has 3 amide bonds. The van der Waals surface area contributed by atoms with Crippen LogP contribution in [-0.2, 0) is 14.2 Å². The standard InChI is InChI=1S/C29H48N6O8/c1-27(2,3)41-24(36)32-14-12-31(22-11-10-21(30)20-23(22)35(39)40)13-15-33(25(37)42-28(4,5)6)17-19-34(18-16-32)26(38)43-29(7,8)9/h10-11,20H,12-19,30H2,1-9H3. The molecular weight excluding hydrogens is 560 g/mol. The van der Waals surface area contributed by atoms with Crippen molar-refractivity contribution in [2.24, 2.45) is 0 Å². The summed E-state index contributed by atoms with van der Waals surface area (Å²) in [6, 6.07) is 4.40. The number of carbonyl (C=O) groups excluding carboxylic acids is 3. The van der Waals surface area contributed by atoms with Gasteiger partial charge in [-0.05, 0) is 74.4 Å². The number of benzene rings is 1. The summed E-state index contributed by atoms with van der Waals surface area (Å²) in [5, 5.41) is 12.0. The first-order valence-corrected chi connectivity index (χ1v) is 14.4. The van der Waals surface area contributed by atoms with Crippen molar-refractivity contribution in [2.75, 3.05) is 63.0 Å². The molecule has 0 aromatic heterocycles. The normalized spacial score (nSPS) is 16.1. The molecule has 1 aromatic carbocycles. The van der Waals surface area contributed by atoms with Crippen LogP contribution in [0.15, 0.2) is 18.2 Å². The number of anilines is 2. The van der Waals surface area contributed by atoms with Crippen LogP contribution in [0.5, 0.6) is 0 Å². The summed E-state index contributed by atoms with van der Waals surface area (Å²) in [5.74, 6) is 0. The lowest BCUT2D eigenvalue weighted by Gasteiger charge is -2.36. The number of ether oxygens (including phenoxy) is 3. The van der Waals surface area contributed by atoms with E-state index in [9.17, 15) is 24.5 Å². The highest BCUT2D eigenvalue weighted by molar-refractivity contribution is 5.71. The van der Waals surface area contributed by atoms with Crippen LogP contribution in [0, 0.1) is 10.1 Å². The summed E-state index contributed by atoms with van der Waals surface area (Å²) < 4.78 is 16.9. The smallest absolute Gasteiger partial charge is 0.410 e.